The number of nitrogens with zero attached hydrogens (tertiary/aromatic N) is 2. The molecular formula is C29H25BrN2O3S. The first kappa shape index (κ1) is 24.3. The number of hydrogen-bond donors (Lipinski definition) is 0. The third-order valence-electron chi connectivity index (χ3n) is 5.68. The smallest absolute Gasteiger partial charge is 0.210 e. The molecule has 0 unspecified atom stereocenters. The van der Waals surface area contributed by atoms with E-state index in [4.69, 9.17) is 23.9 Å². The summed E-state index contributed by atoms with van der Waals surface area (Å²) in [5, 5.41) is 2.34. The van der Waals surface area contributed by atoms with Crippen molar-refractivity contribution >= 4 is 43.4 Å². The van der Waals surface area contributed by atoms with Crippen molar-refractivity contribution in [3.05, 3.63) is 87.5 Å². The first-order valence-electron chi connectivity index (χ1n) is 11.7. The lowest BCUT2D eigenvalue weighted by Gasteiger charge is -2.08. The Bertz CT molecular complexity index is 1570. The molecule has 3 aromatic carbocycles. The average Bonchev–Trinajstić information content (AvgIpc) is 3.27. The molecule has 5 aromatic rings. The van der Waals surface area contributed by atoms with Gasteiger partial charge >= 0.3 is 0 Å². The van der Waals surface area contributed by atoms with Gasteiger partial charge in [0.1, 0.15) is 22.8 Å². The van der Waals surface area contributed by atoms with Crippen LogP contribution in [0.25, 0.3) is 33.6 Å². The lowest BCUT2D eigenvalue weighted by molar-refractivity contribution is 0.317. The number of methoxy groups -OCH3 is 1. The van der Waals surface area contributed by atoms with Gasteiger partial charge in [-0.1, -0.05) is 46.3 Å². The molecule has 0 amide bonds. The summed E-state index contributed by atoms with van der Waals surface area (Å²) in [6.45, 7) is 4.82. The number of aromatic nitrogens is 1. The Morgan fingerprint density at radius 3 is 2.39 bits per heavy atom. The van der Waals surface area contributed by atoms with Crippen LogP contribution in [0.1, 0.15) is 18.2 Å². The predicted octanol–water partition coefficient (Wildman–Crippen LogP) is 8.32. The first-order chi connectivity index (χ1) is 17.5. The fraction of sp³-hybridized carbons (Fsp3) is 0.172. The number of aryl methyl sites for hydroxylation is 1. The van der Waals surface area contributed by atoms with Crippen molar-refractivity contribution < 1.29 is 13.9 Å². The van der Waals surface area contributed by atoms with Crippen LogP contribution in [0.4, 0.5) is 5.13 Å². The fourth-order valence-corrected chi connectivity index (χ4v) is 4.94. The second kappa shape index (κ2) is 10.7. The molecule has 5 rings (SSSR count). The summed E-state index contributed by atoms with van der Waals surface area (Å²) in [5.41, 5.74) is 3.67. The summed E-state index contributed by atoms with van der Waals surface area (Å²) in [7, 11) is 1.66. The summed E-state index contributed by atoms with van der Waals surface area (Å²) in [5.74, 6) is 2.30. The molecule has 0 aliphatic heterocycles. The second-order valence-electron chi connectivity index (χ2n) is 8.25. The number of thiazole rings is 1. The fourth-order valence-electron chi connectivity index (χ4n) is 3.86. The van der Waals surface area contributed by atoms with E-state index in [-0.39, 0.29) is 0 Å². The molecular weight excluding hydrogens is 536 g/mol. The Labute approximate surface area is 222 Å². The van der Waals surface area contributed by atoms with Crippen molar-refractivity contribution in [3.8, 4) is 34.1 Å². The van der Waals surface area contributed by atoms with E-state index >= 15 is 0 Å². The number of rotatable bonds is 7. The molecule has 0 fully saturated rings. The van der Waals surface area contributed by atoms with E-state index in [1.165, 1.54) is 0 Å². The molecule has 36 heavy (non-hydrogen) atoms. The average molecular weight is 562 g/mol. The van der Waals surface area contributed by atoms with Gasteiger partial charge in [-0.3, -0.25) is 0 Å². The Morgan fingerprint density at radius 1 is 0.944 bits per heavy atom. The van der Waals surface area contributed by atoms with Gasteiger partial charge in [0.05, 0.1) is 24.8 Å². The summed E-state index contributed by atoms with van der Waals surface area (Å²) in [6, 6.07) is 23.8. The molecule has 0 aliphatic rings. The van der Waals surface area contributed by atoms with Gasteiger partial charge in [0.2, 0.25) is 5.13 Å². The Kier molecular flexibility index (Phi) is 7.20. The minimum atomic E-state index is 0.654. The zero-order valence-electron chi connectivity index (χ0n) is 20.2. The molecule has 0 bridgehead atoms. The minimum Gasteiger partial charge on any atom is -0.497 e. The molecule has 182 valence electrons. The SMILES string of the molecule is CCCOc1ccc2oc(-c3ccc(OC)cc3)cc(=Nc3nc(-c4ccc(Br)cc4)c(C)s3)c2c1. The van der Waals surface area contributed by atoms with Crippen molar-refractivity contribution in [2.24, 2.45) is 4.99 Å². The summed E-state index contributed by atoms with van der Waals surface area (Å²) in [6.07, 6.45) is 0.938. The monoisotopic (exact) mass is 560 g/mol. The molecule has 5 nitrogen and oxygen atoms in total. The molecule has 7 heteroatoms. The first-order valence-corrected chi connectivity index (χ1v) is 13.3. The van der Waals surface area contributed by atoms with Crippen LogP contribution in [0, 0.1) is 6.92 Å². The van der Waals surface area contributed by atoms with Crippen LogP contribution < -0.4 is 14.8 Å². The van der Waals surface area contributed by atoms with Crippen molar-refractivity contribution in [1.82, 2.24) is 4.98 Å². The van der Waals surface area contributed by atoms with Gasteiger partial charge in [-0.25, -0.2) is 9.98 Å². The van der Waals surface area contributed by atoms with E-state index in [2.05, 4.69) is 41.9 Å². The Morgan fingerprint density at radius 2 is 1.67 bits per heavy atom. The van der Waals surface area contributed by atoms with Crippen LogP contribution in [0.2, 0.25) is 0 Å². The Balaban J connectivity index is 1.66. The number of hydrogen-bond acceptors (Lipinski definition) is 6. The van der Waals surface area contributed by atoms with Crippen LogP contribution in [-0.2, 0) is 0 Å². The van der Waals surface area contributed by atoms with E-state index in [9.17, 15) is 0 Å². The van der Waals surface area contributed by atoms with Crippen LogP contribution in [0.3, 0.4) is 0 Å². The van der Waals surface area contributed by atoms with E-state index in [0.717, 1.165) is 60.4 Å². The summed E-state index contributed by atoms with van der Waals surface area (Å²) >= 11 is 5.08. The molecule has 0 atom stereocenters. The zero-order valence-corrected chi connectivity index (χ0v) is 22.7. The normalized spacial score (nSPS) is 11.7. The number of halogens is 1. The molecule has 2 heterocycles. The van der Waals surface area contributed by atoms with Crippen molar-refractivity contribution in [2.45, 2.75) is 20.3 Å². The van der Waals surface area contributed by atoms with Crippen molar-refractivity contribution in [2.75, 3.05) is 13.7 Å². The molecule has 0 radical (unpaired) electrons. The van der Waals surface area contributed by atoms with Crippen LogP contribution >= 0.6 is 27.3 Å². The van der Waals surface area contributed by atoms with Crippen molar-refractivity contribution in [1.29, 1.82) is 0 Å². The molecule has 0 saturated heterocycles. The zero-order chi connectivity index (χ0) is 25.1. The highest BCUT2D eigenvalue weighted by Crippen LogP contribution is 2.33. The molecule has 0 N–H and O–H groups in total. The molecule has 0 aliphatic carbocycles. The van der Waals surface area contributed by atoms with Gasteiger partial charge in [0.15, 0.2) is 0 Å². The summed E-state index contributed by atoms with van der Waals surface area (Å²) < 4.78 is 18.5. The maximum Gasteiger partial charge on any atom is 0.210 e. The topological polar surface area (TPSA) is 56.9 Å². The molecule has 2 aromatic heterocycles. The standard InChI is InChI=1S/C29H25BrN2O3S/c1-4-15-34-23-13-14-26-24(16-23)25(17-27(35-26)19-7-11-22(33-3)12-8-19)31-29-32-28(18(2)36-29)20-5-9-21(30)10-6-20/h5-14,16-17H,4,15H2,1-3H3. The predicted molar refractivity (Wildman–Crippen MR) is 149 cm³/mol. The molecule has 0 saturated carbocycles. The Hall–Kier alpha value is -3.42. The number of ether oxygens (including phenoxy) is 2. The van der Waals surface area contributed by atoms with E-state index < -0.39 is 0 Å². The lowest BCUT2D eigenvalue weighted by atomic mass is 10.1. The molecule has 0 spiro atoms. The van der Waals surface area contributed by atoms with Gasteiger partial charge < -0.3 is 13.9 Å². The minimum absolute atomic E-state index is 0.654. The van der Waals surface area contributed by atoms with Gasteiger partial charge in [-0.2, -0.15) is 0 Å². The van der Waals surface area contributed by atoms with Crippen LogP contribution in [0.5, 0.6) is 11.5 Å². The largest absolute Gasteiger partial charge is 0.497 e. The van der Waals surface area contributed by atoms with Crippen LogP contribution in [0.15, 0.2) is 86.7 Å². The summed E-state index contributed by atoms with van der Waals surface area (Å²) in [4.78, 5) is 11.0. The highest BCUT2D eigenvalue weighted by molar-refractivity contribution is 9.10. The van der Waals surface area contributed by atoms with Gasteiger partial charge in [0, 0.05) is 31.9 Å². The highest BCUT2D eigenvalue weighted by Gasteiger charge is 2.12. The van der Waals surface area contributed by atoms with Crippen LogP contribution in [-0.4, -0.2) is 18.7 Å². The van der Waals surface area contributed by atoms with Gasteiger partial charge in [0.25, 0.3) is 0 Å². The van der Waals surface area contributed by atoms with Gasteiger partial charge in [-0.15, -0.1) is 0 Å². The van der Waals surface area contributed by atoms with E-state index in [1.54, 1.807) is 18.4 Å². The maximum absolute atomic E-state index is 6.29. The third-order valence-corrected chi connectivity index (χ3v) is 7.07. The van der Waals surface area contributed by atoms with Gasteiger partial charge in [-0.05, 0) is 67.9 Å². The second-order valence-corrected chi connectivity index (χ2v) is 10.3. The lowest BCUT2D eigenvalue weighted by Crippen LogP contribution is -2.04. The van der Waals surface area contributed by atoms with Crippen molar-refractivity contribution in [3.63, 3.8) is 0 Å². The third kappa shape index (κ3) is 5.22. The number of benzene rings is 3. The maximum atomic E-state index is 6.29. The van der Waals surface area contributed by atoms with E-state index in [0.29, 0.717) is 17.5 Å². The quantitative estimate of drug-likeness (QED) is 0.201. The number of fused-ring (bicyclic) bond motifs is 1. The van der Waals surface area contributed by atoms with E-state index in [1.807, 2.05) is 60.7 Å². The highest BCUT2D eigenvalue weighted by atomic mass is 79.9.